The van der Waals surface area contributed by atoms with Gasteiger partial charge < -0.3 is 4.57 Å². The normalized spacial score (nSPS) is 11.1. The lowest BCUT2D eigenvalue weighted by Crippen LogP contribution is -2.06. The van der Waals surface area contributed by atoms with Gasteiger partial charge in [0.25, 0.3) is 0 Å². The van der Waals surface area contributed by atoms with E-state index in [-0.39, 0.29) is 0 Å². The molecule has 0 aliphatic heterocycles. The van der Waals surface area contributed by atoms with E-state index in [0.29, 0.717) is 5.75 Å². The van der Waals surface area contributed by atoms with Crippen LogP contribution in [0.4, 0.5) is 0 Å². The lowest BCUT2D eigenvalue weighted by atomic mass is 10.1. The average molecular weight is 343 g/mol. The Morgan fingerprint density at radius 3 is 2.58 bits per heavy atom. The number of thioether (sulfide) groups is 1. The van der Waals surface area contributed by atoms with Gasteiger partial charge in [0.05, 0.1) is 5.75 Å². The summed E-state index contributed by atoms with van der Waals surface area (Å²) in [6, 6.07) is 10.3. The van der Waals surface area contributed by atoms with Crippen molar-refractivity contribution in [2.45, 2.75) is 50.7 Å². The van der Waals surface area contributed by atoms with Crippen molar-refractivity contribution < 1.29 is 0 Å². The van der Waals surface area contributed by atoms with E-state index in [1.54, 1.807) is 11.8 Å². The number of aromatic nitrogens is 7. The Morgan fingerprint density at radius 2 is 1.83 bits per heavy atom. The van der Waals surface area contributed by atoms with Crippen LogP contribution in [-0.4, -0.2) is 35.0 Å². The average Bonchev–Trinajstić information content (AvgIpc) is 3.21. The molecule has 0 radical (unpaired) electrons. The summed E-state index contributed by atoms with van der Waals surface area (Å²) in [4.78, 5) is 0. The van der Waals surface area contributed by atoms with Gasteiger partial charge in [-0.1, -0.05) is 49.0 Å². The molecule has 2 aromatic heterocycles. The maximum Gasteiger partial charge on any atom is 0.191 e. The molecule has 0 saturated carbocycles. The van der Waals surface area contributed by atoms with Gasteiger partial charge in [0, 0.05) is 19.5 Å². The molecule has 2 heterocycles. The lowest BCUT2D eigenvalue weighted by Gasteiger charge is -2.07. The highest BCUT2D eigenvalue weighted by atomic mass is 32.2. The molecule has 0 saturated heterocycles. The molecule has 8 heteroatoms. The first-order valence-electron chi connectivity index (χ1n) is 8.15. The van der Waals surface area contributed by atoms with Gasteiger partial charge in [-0.25, -0.2) is 4.68 Å². The fourth-order valence-corrected chi connectivity index (χ4v) is 3.45. The van der Waals surface area contributed by atoms with Crippen LogP contribution in [0.5, 0.6) is 0 Å². The van der Waals surface area contributed by atoms with Crippen molar-refractivity contribution in [3.8, 4) is 0 Å². The first-order chi connectivity index (χ1) is 11.8. The van der Waals surface area contributed by atoms with E-state index in [9.17, 15) is 0 Å². The maximum atomic E-state index is 4.37. The number of hydrogen-bond donors (Lipinski definition) is 0. The summed E-state index contributed by atoms with van der Waals surface area (Å²) >= 11 is 1.63. The Balaban J connectivity index is 1.71. The highest BCUT2D eigenvalue weighted by Gasteiger charge is 2.14. The van der Waals surface area contributed by atoms with Gasteiger partial charge in [-0.05, 0) is 29.3 Å². The van der Waals surface area contributed by atoms with E-state index < -0.39 is 0 Å². The van der Waals surface area contributed by atoms with Crippen LogP contribution in [-0.2, 0) is 25.3 Å². The second-order valence-corrected chi connectivity index (χ2v) is 6.35. The largest absolute Gasteiger partial charge is 0.306 e. The van der Waals surface area contributed by atoms with Crippen LogP contribution < -0.4 is 0 Å². The van der Waals surface area contributed by atoms with Crippen molar-refractivity contribution in [2.24, 2.45) is 0 Å². The van der Waals surface area contributed by atoms with Crippen LogP contribution in [0.25, 0.3) is 0 Å². The molecule has 0 aliphatic rings. The smallest absolute Gasteiger partial charge is 0.191 e. The first-order valence-corrected chi connectivity index (χ1v) is 9.14. The van der Waals surface area contributed by atoms with Crippen LogP contribution in [0.2, 0.25) is 0 Å². The second-order valence-electron chi connectivity index (χ2n) is 5.41. The third-order valence-electron chi connectivity index (χ3n) is 3.69. The molecule has 1 aromatic carbocycles. The van der Waals surface area contributed by atoms with E-state index in [1.165, 1.54) is 5.56 Å². The van der Waals surface area contributed by atoms with Crippen molar-refractivity contribution in [3.63, 3.8) is 0 Å². The molecule has 0 amide bonds. The fraction of sp³-hybridized carbons (Fsp3) is 0.438. The molecule has 0 atom stereocenters. The monoisotopic (exact) mass is 343 g/mol. The molecule has 0 aliphatic carbocycles. The van der Waals surface area contributed by atoms with Gasteiger partial charge in [-0.15, -0.1) is 15.3 Å². The van der Waals surface area contributed by atoms with Gasteiger partial charge >= 0.3 is 0 Å². The summed E-state index contributed by atoms with van der Waals surface area (Å²) in [7, 11) is 0. The Hall–Kier alpha value is -2.22. The van der Waals surface area contributed by atoms with Gasteiger partial charge in [-0.3, -0.25) is 0 Å². The number of aryl methyl sites for hydroxylation is 1. The minimum absolute atomic E-state index is 0.691. The zero-order valence-corrected chi connectivity index (χ0v) is 14.8. The first kappa shape index (κ1) is 16.6. The van der Waals surface area contributed by atoms with Gasteiger partial charge in [0.15, 0.2) is 11.0 Å². The molecule has 24 heavy (non-hydrogen) atoms. The summed E-state index contributed by atoms with van der Waals surface area (Å²) in [5.74, 6) is 2.55. The summed E-state index contributed by atoms with van der Waals surface area (Å²) in [6.07, 6.45) is 1.80. The second kappa shape index (κ2) is 8.05. The third-order valence-corrected chi connectivity index (χ3v) is 4.65. The van der Waals surface area contributed by atoms with Crippen LogP contribution >= 0.6 is 11.8 Å². The number of nitrogens with zero attached hydrogens (tertiary/aromatic N) is 7. The van der Waals surface area contributed by atoms with Crippen molar-refractivity contribution in [3.05, 3.63) is 47.5 Å². The molecule has 0 bridgehead atoms. The highest BCUT2D eigenvalue weighted by molar-refractivity contribution is 7.98. The zero-order valence-electron chi connectivity index (χ0n) is 14.0. The number of hydrogen-bond acceptors (Lipinski definition) is 6. The Kier molecular flexibility index (Phi) is 5.58. The SMILES string of the molecule is CCCn1nnnc1CSc1nnc(Cc2ccccc2)n1CC. The summed E-state index contributed by atoms with van der Waals surface area (Å²) < 4.78 is 4.01. The molecular weight excluding hydrogens is 322 g/mol. The number of tetrazole rings is 1. The third kappa shape index (κ3) is 3.81. The van der Waals surface area contributed by atoms with Crippen LogP contribution in [0.15, 0.2) is 35.5 Å². The number of rotatable bonds is 8. The van der Waals surface area contributed by atoms with E-state index in [1.807, 2.05) is 22.9 Å². The molecule has 0 fully saturated rings. The van der Waals surface area contributed by atoms with Crippen LogP contribution in [0.1, 0.15) is 37.5 Å². The topological polar surface area (TPSA) is 74.3 Å². The Bertz CT molecular complexity index is 766. The molecule has 0 unspecified atom stereocenters. The molecular formula is C16H21N7S. The van der Waals surface area contributed by atoms with Crippen LogP contribution in [0, 0.1) is 0 Å². The minimum atomic E-state index is 0.691. The fourth-order valence-electron chi connectivity index (χ4n) is 2.49. The van der Waals surface area contributed by atoms with E-state index in [2.05, 4.69) is 56.3 Å². The molecule has 126 valence electrons. The molecule has 3 rings (SSSR count). The minimum Gasteiger partial charge on any atom is -0.306 e. The standard InChI is InChI=1S/C16H21N7S/c1-3-10-23-15(18-20-21-23)12-24-16-19-17-14(22(16)4-2)11-13-8-6-5-7-9-13/h5-9H,3-4,10-12H2,1-2H3. The predicted octanol–water partition coefficient (Wildman–Crippen LogP) is 2.58. The van der Waals surface area contributed by atoms with Crippen molar-refractivity contribution in [1.82, 2.24) is 35.0 Å². The highest BCUT2D eigenvalue weighted by Crippen LogP contribution is 2.22. The van der Waals surface area contributed by atoms with Crippen molar-refractivity contribution >= 4 is 11.8 Å². The van der Waals surface area contributed by atoms with Gasteiger partial charge in [-0.2, -0.15) is 0 Å². The van der Waals surface area contributed by atoms with Gasteiger partial charge in [0.1, 0.15) is 5.82 Å². The lowest BCUT2D eigenvalue weighted by molar-refractivity contribution is 0.564. The van der Waals surface area contributed by atoms with E-state index in [0.717, 1.165) is 42.7 Å². The van der Waals surface area contributed by atoms with E-state index in [4.69, 9.17) is 0 Å². The van der Waals surface area contributed by atoms with E-state index >= 15 is 0 Å². The van der Waals surface area contributed by atoms with Gasteiger partial charge in [0.2, 0.25) is 0 Å². The molecule has 3 aromatic rings. The van der Waals surface area contributed by atoms with Crippen molar-refractivity contribution in [1.29, 1.82) is 0 Å². The zero-order chi connectivity index (χ0) is 16.8. The summed E-state index contributed by atoms with van der Waals surface area (Å²) in [5, 5.41) is 21.5. The molecule has 0 N–H and O–H groups in total. The van der Waals surface area contributed by atoms with Crippen LogP contribution in [0.3, 0.4) is 0 Å². The maximum absolute atomic E-state index is 4.37. The summed E-state index contributed by atoms with van der Waals surface area (Å²) in [6.45, 7) is 5.91. The van der Waals surface area contributed by atoms with Crippen molar-refractivity contribution in [2.75, 3.05) is 0 Å². The predicted molar refractivity (Wildman–Crippen MR) is 92.6 cm³/mol. The molecule has 0 spiro atoms. The number of benzene rings is 1. The summed E-state index contributed by atoms with van der Waals surface area (Å²) in [5.41, 5.74) is 1.24. The quantitative estimate of drug-likeness (QED) is 0.585. The Morgan fingerprint density at radius 1 is 1.00 bits per heavy atom. The Labute approximate surface area is 145 Å². The molecule has 7 nitrogen and oxygen atoms in total.